The number of aliphatic hydroxyl groups excluding tert-OH is 1. The van der Waals surface area contributed by atoms with Gasteiger partial charge in [-0.2, -0.15) is 0 Å². The average Bonchev–Trinajstić information content (AvgIpc) is 3.23. The van der Waals surface area contributed by atoms with E-state index >= 15 is 0 Å². The second kappa shape index (κ2) is 6.14. The molecule has 1 aliphatic rings. The van der Waals surface area contributed by atoms with Crippen LogP contribution in [0, 0.1) is 0 Å². The molecule has 0 radical (unpaired) electrons. The second-order valence-electron chi connectivity index (χ2n) is 6.01. The summed E-state index contributed by atoms with van der Waals surface area (Å²) >= 11 is 0. The molecule has 0 aliphatic carbocycles. The lowest BCUT2D eigenvalue weighted by Crippen LogP contribution is -2.28. The molecule has 0 unspecified atom stereocenters. The van der Waals surface area contributed by atoms with Crippen LogP contribution in [0.1, 0.15) is 22.0 Å². The first-order valence-electron chi connectivity index (χ1n) is 8.03. The van der Waals surface area contributed by atoms with E-state index in [1.807, 2.05) is 42.1 Å². The number of aliphatic hydroxyl groups is 1. The number of amides is 1. The summed E-state index contributed by atoms with van der Waals surface area (Å²) in [6, 6.07) is 12.9. The number of para-hydroxylation sites is 1. The minimum Gasteiger partial charge on any atom is -0.454 e. The fourth-order valence-electron chi connectivity index (χ4n) is 3.08. The zero-order chi connectivity index (χ0) is 17.4. The van der Waals surface area contributed by atoms with Crippen LogP contribution in [0.15, 0.2) is 48.7 Å². The number of hydrogen-bond donors (Lipinski definition) is 2. The maximum atomic E-state index is 12.3. The van der Waals surface area contributed by atoms with Crippen LogP contribution in [0.2, 0.25) is 0 Å². The third-order valence-corrected chi connectivity index (χ3v) is 4.38. The number of ether oxygens (including phenoxy) is 2. The first-order chi connectivity index (χ1) is 12.1. The molecule has 0 spiro atoms. The Bertz CT molecular complexity index is 948. The van der Waals surface area contributed by atoms with Crippen molar-refractivity contribution in [3.05, 3.63) is 59.8 Å². The number of aromatic nitrogens is 1. The zero-order valence-corrected chi connectivity index (χ0v) is 13.7. The normalized spacial score (nSPS) is 13.8. The van der Waals surface area contributed by atoms with E-state index in [4.69, 9.17) is 9.47 Å². The van der Waals surface area contributed by atoms with Crippen LogP contribution >= 0.6 is 0 Å². The highest BCUT2D eigenvalue weighted by Crippen LogP contribution is 2.32. The number of fused-ring (bicyclic) bond motifs is 2. The minimum absolute atomic E-state index is 0.126. The highest BCUT2D eigenvalue weighted by Gasteiger charge is 2.18. The van der Waals surface area contributed by atoms with Gasteiger partial charge in [-0.05, 0) is 24.3 Å². The maximum Gasteiger partial charge on any atom is 0.251 e. The van der Waals surface area contributed by atoms with Gasteiger partial charge in [0, 0.05) is 41.8 Å². The van der Waals surface area contributed by atoms with Crippen LogP contribution in [0.5, 0.6) is 11.5 Å². The molecule has 25 heavy (non-hydrogen) atoms. The number of aryl methyl sites for hydroxylation is 1. The molecule has 2 aromatic carbocycles. The molecule has 0 fully saturated rings. The van der Waals surface area contributed by atoms with E-state index in [0.29, 0.717) is 17.1 Å². The van der Waals surface area contributed by atoms with Crippen molar-refractivity contribution in [1.82, 2.24) is 9.88 Å². The molecular formula is C19H18N2O4. The lowest BCUT2D eigenvalue weighted by molar-refractivity contribution is 0.0916. The number of benzene rings is 2. The van der Waals surface area contributed by atoms with Crippen molar-refractivity contribution < 1.29 is 19.4 Å². The third-order valence-electron chi connectivity index (χ3n) is 4.38. The van der Waals surface area contributed by atoms with Crippen LogP contribution in [-0.2, 0) is 7.05 Å². The summed E-state index contributed by atoms with van der Waals surface area (Å²) in [7, 11) is 1.93. The summed E-state index contributed by atoms with van der Waals surface area (Å²) in [6.07, 6.45) is 1.10. The number of carbonyl (C=O) groups excluding carboxylic acids is 1. The van der Waals surface area contributed by atoms with E-state index in [1.54, 1.807) is 18.2 Å². The van der Waals surface area contributed by atoms with E-state index in [2.05, 4.69) is 5.32 Å². The Balaban J connectivity index is 1.48. The van der Waals surface area contributed by atoms with Gasteiger partial charge in [-0.25, -0.2) is 0 Å². The van der Waals surface area contributed by atoms with Crippen molar-refractivity contribution in [2.24, 2.45) is 7.05 Å². The summed E-state index contributed by atoms with van der Waals surface area (Å²) in [5.74, 6) is 0.923. The molecule has 3 aromatic rings. The molecule has 128 valence electrons. The van der Waals surface area contributed by atoms with Crippen molar-refractivity contribution >= 4 is 16.8 Å². The monoisotopic (exact) mass is 338 g/mol. The highest BCUT2D eigenvalue weighted by molar-refractivity contribution is 5.95. The lowest BCUT2D eigenvalue weighted by Gasteiger charge is -2.11. The second-order valence-corrected chi connectivity index (χ2v) is 6.01. The predicted molar refractivity (Wildman–Crippen MR) is 92.8 cm³/mol. The smallest absolute Gasteiger partial charge is 0.251 e. The first-order valence-corrected chi connectivity index (χ1v) is 8.03. The zero-order valence-electron chi connectivity index (χ0n) is 13.7. The van der Waals surface area contributed by atoms with Gasteiger partial charge in [0.1, 0.15) is 0 Å². The van der Waals surface area contributed by atoms with Gasteiger partial charge in [0.25, 0.3) is 5.91 Å². The summed E-state index contributed by atoms with van der Waals surface area (Å²) in [5, 5.41) is 14.3. The fourth-order valence-corrected chi connectivity index (χ4v) is 3.08. The fraction of sp³-hybridized carbons (Fsp3) is 0.211. The molecule has 1 atom stereocenters. The highest BCUT2D eigenvalue weighted by atomic mass is 16.7. The van der Waals surface area contributed by atoms with Gasteiger partial charge in [0.2, 0.25) is 6.79 Å². The van der Waals surface area contributed by atoms with Gasteiger partial charge in [-0.15, -0.1) is 0 Å². The summed E-state index contributed by atoms with van der Waals surface area (Å²) in [5.41, 5.74) is 2.30. The Morgan fingerprint density at radius 2 is 2.04 bits per heavy atom. The molecular weight excluding hydrogens is 320 g/mol. The van der Waals surface area contributed by atoms with Crippen molar-refractivity contribution in [3.63, 3.8) is 0 Å². The van der Waals surface area contributed by atoms with Gasteiger partial charge in [0.15, 0.2) is 11.5 Å². The first kappa shape index (κ1) is 15.5. The van der Waals surface area contributed by atoms with Crippen molar-refractivity contribution in [2.45, 2.75) is 6.10 Å². The van der Waals surface area contributed by atoms with Crippen LogP contribution < -0.4 is 14.8 Å². The summed E-state index contributed by atoms with van der Waals surface area (Å²) < 4.78 is 12.5. The largest absolute Gasteiger partial charge is 0.454 e. The average molecular weight is 338 g/mol. The number of rotatable bonds is 4. The summed E-state index contributed by atoms with van der Waals surface area (Å²) in [6.45, 7) is 0.293. The molecule has 6 heteroatoms. The van der Waals surface area contributed by atoms with Crippen molar-refractivity contribution in [2.75, 3.05) is 13.3 Å². The Morgan fingerprint density at radius 3 is 2.92 bits per heavy atom. The number of nitrogens with zero attached hydrogens (tertiary/aromatic N) is 1. The van der Waals surface area contributed by atoms with Crippen LogP contribution in [0.3, 0.4) is 0 Å². The van der Waals surface area contributed by atoms with Crippen LogP contribution in [0.4, 0.5) is 0 Å². The van der Waals surface area contributed by atoms with Gasteiger partial charge < -0.3 is 24.5 Å². The van der Waals surface area contributed by atoms with Crippen LogP contribution in [-0.4, -0.2) is 28.9 Å². The number of carbonyl (C=O) groups is 1. The molecule has 0 saturated carbocycles. The Kier molecular flexibility index (Phi) is 3.82. The van der Waals surface area contributed by atoms with Gasteiger partial charge in [-0.1, -0.05) is 18.2 Å². The van der Waals surface area contributed by atoms with Crippen LogP contribution in [0.25, 0.3) is 10.9 Å². The Morgan fingerprint density at radius 1 is 1.24 bits per heavy atom. The lowest BCUT2D eigenvalue weighted by atomic mass is 10.1. The van der Waals surface area contributed by atoms with E-state index in [0.717, 1.165) is 16.5 Å². The molecule has 1 amide bonds. The Labute approximate surface area is 144 Å². The van der Waals surface area contributed by atoms with Gasteiger partial charge in [0.05, 0.1) is 6.10 Å². The van der Waals surface area contributed by atoms with E-state index in [-0.39, 0.29) is 19.2 Å². The maximum absolute atomic E-state index is 12.3. The van der Waals surface area contributed by atoms with Crippen molar-refractivity contribution in [3.8, 4) is 11.5 Å². The molecule has 6 nitrogen and oxygen atoms in total. The molecule has 2 heterocycles. The molecule has 0 saturated heterocycles. The van der Waals surface area contributed by atoms with Gasteiger partial charge >= 0.3 is 0 Å². The molecule has 1 aromatic heterocycles. The van der Waals surface area contributed by atoms with Crippen molar-refractivity contribution in [1.29, 1.82) is 0 Å². The molecule has 0 bridgehead atoms. The number of hydrogen-bond acceptors (Lipinski definition) is 4. The van der Waals surface area contributed by atoms with E-state index in [1.165, 1.54) is 0 Å². The SMILES string of the molecule is Cn1cc([C@@H](O)CNC(=O)c2ccc3c(c2)OCO3)c2ccccc21. The molecule has 2 N–H and O–H groups in total. The van der Waals surface area contributed by atoms with E-state index < -0.39 is 6.10 Å². The predicted octanol–water partition coefficient (Wildman–Crippen LogP) is 2.37. The van der Waals surface area contributed by atoms with E-state index in [9.17, 15) is 9.90 Å². The minimum atomic E-state index is -0.788. The summed E-state index contributed by atoms with van der Waals surface area (Å²) in [4.78, 5) is 12.3. The topological polar surface area (TPSA) is 72.7 Å². The number of nitrogens with one attached hydrogen (secondary N) is 1. The Hall–Kier alpha value is -2.99. The standard InChI is InChI=1S/C19H18N2O4/c1-21-10-14(13-4-2-3-5-15(13)21)16(22)9-20-19(23)12-6-7-17-18(8-12)25-11-24-17/h2-8,10,16,22H,9,11H2,1H3,(H,20,23)/t16-/m0/s1. The molecule has 1 aliphatic heterocycles. The quantitative estimate of drug-likeness (QED) is 0.766. The van der Waals surface area contributed by atoms with Gasteiger partial charge in [-0.3, -0.25) is 4.79 Å². The third kappa shape index (κ3) is 2.81. The molecule has 4 rings (SSSR count).